The van der Waals surface area contributed by atoms with Crippen molar-refractivity contribution in [2.45, 2.75) is 24.2 Å². The molecule has 6 atom stereocenters. The minimum Gasteiger partial charge on any atom is -0.507 e. The van der Waals surface area contributed by atoms with E-state index in [0.29, 0.717) is 32.5 Å². The summed E-state index contributed by atoms with van der Waals surface area (Å²) in [5.74, 6) is -7.25. The Morgan fingerprint density at radius 3 is 2.05 bits per heavy atom. The van der Waals surface area contributed by atoms with Crippen LogP contribution in [0.3, 0.4) is 0 Å². The molecule has 1 saturated carbocycles. The van der Waals surface area contributed by atoms with Gasteiger partial charge in [0.1, 0.15) is 5.75 Å². The molecule has 15 heteroatoms. The molecule has 14 nitrogen and oxygen atoms in total. The van der Waals surface area contributed by atoms with Gasteiger partial charge in [-0.2, -0.15) is 0 Å². The summed E-state index contributed by atoms with van der Waals surface area (Å²) in [5.41, 5.74) is -1.40. The van der Waals surface area contributed by atoms with Crippen molar-refractivity contribution >= 4 is 74.4 Å². The fourth-order valence-electron chi connectivity index (χ4n) is 10.4. The number of nitrogens with zero attached hydrogens (tertiary/aromatic N) is 5. The standard InChI is InChI=1S/C44H34ClN5O9/c1-46(2)39-34(49(56)57)20-26(21-35(39)50(58)59)47-40(52)31-16-15-30-32(37(31)42(47)54)22-33-41(53)48(25-12-8-11-24(45)19-25)43(55)44(33,23-9-4-3-5-10-23)38(30)29-17-18-36(51)28-14-7-6-13-27(28)29/h3-15,17-21,31-33,37-38,51H,16,22H2,1-2H3. The van der Waals surface area contributed by atoms with Gasteiger partial charge in [-0.1, -0.05) is 90.0 Å². The van der Waals surface area contributed by atoms with Gasteiger partial charge < -0.3 is 10.0 Å². The van der Waals surface area contributed by atoms with Crippen LogP contribution in [-0.2, 0) is 24.6 Å². The van der Waals surface area contributed by atoms with E-state index in [9.17, 15) is 34.9 Å². The van der Waals surface area contributed by atoms with E-state index in [-0.39, 0.29) is 35.7 Å². The van der Waals surface area contributed by atoms with Crippen molar-refractivity contribution in [1.82, 2.24) is 0 Å². The molecule has 9 rings (SSSR count). The minimum absolute atomic E-state index is 0.00442. The molecule has 2 aliphatic carbocycles. The van der Waals surface area contributed by atoms with Gasteiger partial charge in [-0.3, -0.25) is 39.4 Å². The van der Waals surface area contributed by atoms with Crippen LogP contribution < -0.4 is 14.7 Å². The average molecular weight is 812 g/mol. The zero-order valence-electron chi connectivity index (χ0n) is 31.5. The van der Waals surface area contributed by atoms with Crippen LogP contribution >= 0.6 is 11.6 Å². The molecule has 3 fully saturated rings. The van der Waals surface area contributed by atoms with E-state index in [4.69, 9.17) is 11.6 Å². The van der Waals surface area contributed by atoms with Crippen LogP contribution in [0.25, 0.3) is 10.8 Å². The number of halogens is 1. The van der Waals surface area contributed by atoms with E-state index in [0.717, 1.165) is 21.9 Å². The molecule has 2 heterocycles. The summed E-state index contributed by atoms with van der Waals surface area (Å²) in [4.78, 5) is 86.3. The number of hydrogen-bond acceptors (Lipinski definition) is 10. The van der Waals surface area contributed by atoms with Crippen molar-refractivity contribution in [2.75, 3.05) is 28.8 Å². The second kappa shape index (κ2) is 13.6. The number of allylic oxidation sites excluding steroid dienone is 2. The maximum absolute atomic E-state index is 15.6. The zero-order chi connectivity index (χ0) is 41.7. The monoisotopic (exact) mass is 811 g/mol. The number of imide groups is 2. The molecule has 5 aromatic rings. The third-order valence-electron chi connectivity index (χ3n) is 12.6. The highest BCUT2D eigenvalue weighted by Crippen LogP contribution is 2.65. The molecule has 0 bridgehead atoms. The number of carbonyl (C=O) groups excluding carboxylic acids is 4. The number of rotatable bonds is 7. The van der Waals surface area contributed by atoms with Gasteiger partial charge in [0.05, 0.1) is 44.4 Å². The zero-order valence-corrected chi connectivity index (χ0v) is 32.3. The van der Waals surface area contributed by atoms with Crippen LogP contribution in [0.4, 0.5) is 28.4 Å². The Morgan fingerprint density at radius 2 is 1.41 bits per heavy atom. The molecule has 5 aromatic carbocycles. The fraction of sp³-hybridized carbons (Fsp3) is 0.227. The number of aromatic hydroxyl groups is 1. The molecule has 0 radical (unpaired) electrons. The van der Waals surface area contributed by atoms with Gasteiger partial charge in [-0.25, -0.2) is 9.80 Å². The molecule has 4 aliphatic rings. The summed E-state index contributed by atoms with van der Waals surface area (Å²) < 4.78 is 0. The predicted octanol–water partition coefficient (Wildman–Crippen LogP) is 7.45. The first kappa shape index (κ1) is 37.6. The lowest BCUT2D eigenvalue weighted by molar-refractivity contribution is -0.392. The van der Waals surface area contributed by atoms with Crippen LogP contribution in [0.1, 0.15) is 29.9 Å². The molecule has 1 N–H and O–H groups in total. The summed E-state index contributed by atoms with van der Waals surface area (Å²) >= 11 is 6.43. The number of hydrogen-bond donors (Lipinski definition) is 1. The number of nitro benzene ring substituents is 2. The highest BCUT2D eigenvalue weighted by Gasteiger charge is 2.70. The smallest absolute Gasteiger partial charge is 0.301 e. The number of phenols is 1. The van der Waals surface area contributed by atoms with Crippen molar-refractivity contribution in [2.24, 2.45) is 23.7 Å². The minimum atomic E-state index is -1.58. The van der Waals surface area contributed by atoms with Gasteiger partial charge in [0.2, 0.25) is 23.6 Å². The van der Waals surface area contributed by atoms with Crippen LogP contribution in [0.5, 0.6) is 5.75 Å². The van der Waals surface area contributed by atoms with E-state index in [2.05, 4.69) is 0 Å². The summed E-state index contributed by atoms with van der Waals surface area (Å²) in [7, 11) is 2.83. The summed E-state index contributed by atoms with van der Waals surface area (Å²) in [6, 6.07) is 27.9. The molecular formula is C44H34ClN5O9. The van der Waals surface area contributed by atoms with Crippen LogP contribution in [0.2, 0.25) is 5.02 Å². The van der Waals surface area contributed by atoms with E-state index >= 15 is 9.59 Å². The van der Waals surface area contributed by atoms with Gasteiger partial charge in [0.15, 0.2) is 5.69 Å². The van der Waals surface area contributed by atoms with E-state index in [1.54, 1.807) is 60.7 Å². The number of carbonyl (C=O) groups is 4. The largest absolute Gasteiger partial charge is 0.507 e. The predicted molar refractivity (Wildman–Crippen MR) is 218 cm³/mol. The molecule has 0 spiro atoms. The van der Waals surface area contributed by atoms with E-state index in [1.807, 2.05) is 30.3 Å². The summed E-state index contributed by atoms with van der Waals surface area (Å²) in [5, 5.41) is 37.1. The van der Waals surface area contributed by atoms with Crippen molar-refractivity contribution in [3.63, 3.8) is 0 Å². The van der Waals surface area contributed by atoms with E-state index < -0.39 is 79.9 Å². The van der Waals surface area contributed by atoms with Crippen molar-refractivity contribution < 1.29 is 34.1 Å². The molecule has 2 aliphatic heterocycles. The Labute approximate surface area is 341 Å². The molecular weight excluding hydrogens is 778 g/mol. The highest BCUT2D eigenvalue weighted by atomic mass is 35.5. The first-order chi connectivity index (χ1) is 28.3. The third kappa shape index (κ3) is 5.32. The third-order valence-corrected chi connectivity index (χ3v) is 12.8. The van der Waals surface area contributed by atoms with Crippen LogP contribution in [0.15, 0.2) is 115 Å². The normalized spacial score (nSPS) is 24.8. The van der Waals surface area contributed by atoms with Gasteiger partial charge in [-0.15, -0.1) is 0 Å². The lowest BCUT2D eigenvalue weighted by Crippen LogP contribution is -2.53. The summed E-state index contributed by atoms with van der Waals surface area (Å²) in [6.07, 6.45) is 1.88. The Balaban J connectivity index is 1.27. The second-order valence-corrected chi connectivity index (χ2v) is 16.0. The quantitative estimate of drug-likeness (QED) is 0.0750. The topological polar surface area (TPSA) is 185 Å². The first-order valence-electron chi connectivity index (χ1n) is 18.9. The highest BCUT2D eigenvalue weighted by molar-refractivity contribution is 6.32. The maximum atomic E-state index is 15.6. The number of phenolic OH excluding ortho intramolecular Hbond substituents is 1. The Morgan fingerprint density at radius 1 is 0.746 bits per heavy atom. The molecule has 296 valence electrons. The van der Waals surface area contributed by atoms with Crippen molar-refractivity contribution in [3.05, 3.63) is 151 Å². The lowest BCUT2D eigenvalue weighted by atomic mass is 9.49. The number of fused-ring (bicyclic) bond motifs is 5. The lowest BCUT2D eigenvalue weighted by Gasteiger charge is -2.51. The molecule has 6 unspecified atom stereocenters. The number of nitro groups is 2. The Hall–Kier alpha value is -6.93. The number of anilines is 3. The SMILES string of the molecule is CN(C)c1c([N+](=O)[O-])cc(N2C(=O)C3CC=C4C(CC5C(=O)N(c6cccc(Cl)c6)C(=O)C5(c5ccccc5)C4c4ccc(O)c5ccccc45)C3C2=O)cc1[N+](=O)[O-]. The van der Waals surface area contributed by atoms with Gasteiger partial charge in [0, 0.05) is 42.6 Å². The second-order valence-electron chi connectivity index (χ2n) is 15.6. The van der Waals surface area contributed by atoms with Gasteiger partial charge in [-0.05, 0) is 59.5 Å². The van der Waals surface area contributed by atoms with Gasteiger partial charge >= 0.3 is 11.4 Å². The van der Waals surface area contributed by atoms with Gasteiger partial charge in [0.25, 0.3) is 0 Å². The molecule has 0 aromatic heterocycles. The molecule has 2 saturated heterocycles. The number of amides is 4. The summed E-state index contributed by atoms with van der Waals surface area (Å²) in [6.45, 7) is 0. The van der Waals surface area contributed by atoms with Crippen molar-refractivity contribution in [3.8, 4) is 5.75 Å². The number of benzene rings is 5. The van der Waals surface area contributed by atoms with Crippen LogP contribution in [0, 0.1) is 43.9 Å². The molecule has 4 amide bonds. The first-order valence-corrected chi connectivity index (χ1v) is 19.3. The molecule has 59 heavy (non-hydrogen) atoms. The Kier molecular flexibility index (Phi) is 8.67. The fourth-order valence-corrected chi connectivity index (χ4v) is 10.5. The average Bonchev–Trinajstić information content (AvgIpc) is 3.61. The van der Waals surface area contributed by atoms with Crippen molar-refractivity contribution in [1.29, 1.82) is 0 Å². The van der Waals surface area contributed by atoms with E-state index in [1.165, 1.54) is 25.1 Å². The van der Waals surface area contributed by atoms with Crippen LogP contribution in [-0.4, -0.2) is 52.7 Å². The Bertz CT molecular complexity index is 2700. The maximum Gasteiger partial charge on any atom is 0.301 e.